The van der Waals surface area contributed by atoms with Crippen molar-refractivity contribution in [2.45, 2.75) is 49.5 Å². The number of ketones is 1. The van der Waals surface area contributed by atoms with Gasteiger partial charge in [0.15, 0.2) is 5.78 Å². The van der Waals surface area contributed by atoms with Crippen molar-refractivity contribution in [3.63, 3.8) is 0 Å². The number of hydrogen-bond acceptors (Lipinski definition) is 9. The second-order valence-electron chi connectivity index (χ2n) is 9.04. The molecule has 9 nitrogen and oxygen atoms in total. The maximum absolute atomic E-state index is 14.0. The van der Waals surface area contributed by atoms with Gasteiger partial charge in [-0.1, -0.05) is 32.0 Å². The van der Waals surface area contributed by atoms with Gasteiger partial charge in [-0.25, -0.2) is 9.29 Å². The summed E-state index contributed by atoms with van der Waals surface area (Å²) in [4.78, 5) is 44.4. The largest absolute Gasteiger partial charge is 0.339 e. The van der Waals surface area contributed by atoms with Gasteiger partial charge in [0.2, 0.25) is 4.34 Å². The van der Waals surface area contributed by atoms with Crippen molar-refractivity contribution in [2.24, 2.45) is 5.92 Å². The minimum atomic E-state index is -4.41. The zero-order chi connectivity index (χ0) is 25.9. The van der Waals surface area contributed by atoms with Crippen molar-refractivity contribution in [3.8, 4) is 0 Å². The van der Waals surface area contributed by atoms with Crippen LogP contribution in [0.3, 0.4) is 0 Å². The maximum atomic E-state index is 14.0. The smallest absolute Gasteiger partial charge is 0.294 e. The number of nitrogens with zero attached hydrogens (tertiary/aromatic N) is 2. The summed E-state index contributed by atoms with van der Waals surface area (Å²) >= 11 is 2.17. The highest BCUT2D eigenvalue weighted by Crippen LogP contribution is 2.28. The molecule has 1 unspecified atom stereocenters. The van der Waals surface area contributed by atoms with E-state index in [1.54, 1.807) is 6.07 Å². The topological polar surface area (TPSA) is 126 Å². The Hall–Kier alpha value is -2.67. The summed E-state index contributed by atoms with van der Waals surface area (Å²) in [7, 11) is -4.41. The average Bonchev–Trinajstić information content (AvgIpc) is 3.48. The molecule has 2 aromatic heterocycles. The molecule has 1 aromatic carbocycles. The third-order valence-corrected chi connectivity index (χ3v) is 9.95. The maximum Gasteiger partial charge on any atom is 0.294 e. The van der Waals surface area contributed by atoms with Crippen LogP contribution in [0, 0.1) is 5.92 Å². The Kier molecular flexibility index (Phi) is 8.18. The first-order valence-electron chi connectivity index (χ1n) is 11.7. The summed E-state index contributed by atoms with van der Waals surface area (Å²) in [5, 5.41) is 8.14. The molecule has 1 saturated heterocycles. The number of rotatable bonds is 8. The lowest BCUT2D eigenvalue weighted by atomic mass is 10.0. The molecule has 2 amide bonds. The highest BCUT2D eigenvalue weighted by atomic mass is 32.2. The van der Waals surface area contributed by atoms with E-state index in [9.17, 15) is 22.8 Å². The molecule has 36 heavy (non-hydrogen) atoms. The molecule has 0 bridgehead atoms. The molecule has 3 aromatic rings. The van der Waals surface area contributed by atoms with Gasteiger partial charge in [0.25, 0.3) is 21.8 Å². The number of carbonyl (C=O) groups is 3. The SMILES string of the molecule is CC(C)CC(NC(=O)c1cc2ccccc2s1)C(=O)N([C@H]1CCCNCC1=O)S(=O)(=O)c1nccs1. The van der Waals surface area contributed by atoms with Crippen LogP contribution in [-0.2, 0) is 19.6 Å². The normalized spacial score (nSPS) is 17.6. The minimum Gasteiger partial charge on any atom is -0.339 e. The standard InChI is InChI=1S/C24H28N4O5S3/c1-15(2)12-17(27-22(30)21-13-16-6-3-4-8-20(16)35-21)23(31)28(18-7-5-9-25-14-19(18)29)36(32,33)24-26-10-11-34-24/h3-4,6,8,10-11,13,15,17-18,25H,5,7,9,12,14H2,1-2H3,(H,27,30)/t17?,18-/m0/s1. The van der Waals surface area contributed by atoms with E-state index in [-0.39, 0.29) is 35.4 Å². The molecule has 192 valence electrons. The fraction of sp³-hybridized carbons (Fsp3) is 0.417. The van der Waals surface area contributed by atoms with E-state index in [0.717, 1.165) is 21.4 Å². The number of amides is 2. The summed E-state index contributed by atoms with van der Waals surface area (Å²) in [5.74, 6) is -1.71. The van der Waals surface area contributed by atoms with Gasteiger partial charge >= 0.3 is 0 Å². The van der Waals surface area contributed by atoms with Crippen molar-refractivity contribution < 1.29 is 22.8 Å². The molecule has 0 spiro atoms. The molecule has 1 aliphatic heterocycles. The monoisotopic (exact) mass is 548 g/mol. The van der Waals surface area contributed by atoms with Gasteiger partial charge in [0, 0.05) is 16.3 Å². The van der Waals surface area contributed by atoms with Crippen molar-refractivity contribution in [1.29, 1.82) is 0 Å². The summed E-state index contributed by atoms with van der Waals surface area (Å²) in [6, 6.07) is 7.00. The summed E-state index contributed by atoms with van der Waals surface area (Å²) in [6.45, 7) is 4.27. The molecule has 0 saturated carbocycles. The van der Waals surface area contributed by atoms with Crippen LogP contribution < -0.4 is 10.6 Å². The third-order valence-electron chi connectivity index (χ3n) is 5.85. The van der Waals surface area contributed by atoms with Crippen LogP contribution in [-0.4, -0.2) is 60.5 Å². The number of hydrogen-bond donors (Lipinski definition) is 2. The van der Waals surface area contributed by atoms with Crippen molar-refractivity contribution in [2.75, 3.05) is 13.1 Å². The van der Waals surface area contributed by atoms with Gasteiger partial charge in [-0.3, -0.25) is 14.4 Å². The fourth-order valence-electron chi connectivity index (χ4n) is 4.19. The molecule has 12 heteroatoms. The lowest BCUT2D eigenvalue weighted by Gasteiger charge is -2.32. The summed E-state index contributed by atoms with van der Waals surface area (Å²) < 4.78 is 28.6. The van der Waals surface area contributed by atoms with Gasteiger partial charge in [0.05, 0.1) is 11.4 Å². The van der Waals surface area contributed by atoms with E-state index in [0.29, 0.717) is 22.1 Å². The number of benzene rings is 1. The molecule has 1 aliphatic rings. The fourth-order valence-corrected chi connectivity index (χ4v) is 7.69. The molecule has 0 aliphatic carbocycles. The average molecular weight is 549 g/mol. The summed E-state index contributed by atoms with van der Waals surface area (Å²) in [6.07, 6.45) is 2.27. The van der Waals surface area contributed by atoms with Gasteiger partial charge in [-0.15, -0.1) is 22.7 Å². The van der Waals surface area contributed by atoms with Crippen LogP contribution in [0.1, 0.15) is 42.8 Å². The number of thiazole rings is 1. The zero-order valence-corrected chi connectivity index (χ0v) is 22.4. The lowest BCUT2D eigenvalue weighted by Crippen LogP contribution is -2.56. The minimum absolute atomic E-state index is 0.0300. The molecule has 1 fully saturated rings. The molecular formula is C24H28N4O5S3. The zero-order valence-electron chi connectivity index (χ0n) is 20.0. The Labute approximate surface area is 218 Å². The summed E-state index contributed by atoms with van der Waals surface area (Å²) in [5.41, 5.74) is 0. The van der Waals surface area contributed by atoms with Crippen LogP contribution >= 0.6 is 22.7 Å². The Balaban J connectivity index is 1.70. The van der Waals surface area contributed by atoms with E-state index in [1.807, 2.05) is 38.1 Å². The van der Waals surface area contributed by atoms with Gasteiger partial charge < -0.3 is 10.6 Å². The molecule has 4 rings (SSSR count). The third kappa shape index (κ3) is 5.66. The molecule has 0 radical (unpaired) electrons. The number of sulfonamides is 1. The number of aromatic nitrogens is 1. The van der Waals surface area contributed by atoms with Gasteiger partial charge in [-0.2, -0.15) is 8.42 Å². The predicted molar refractivity (Wildman–Crippen MR) is 140 cm³/mol. The molecular weight excluding hydrogens is 520 g/mol. The number of Topliss-reactive ketones (excluding diaryl/α,β-unsaturated/α-hetero) is 1. The van der Waals surface area contributed by atoms with Crippen LogP contribution in [0.25, 0.3) is 10.1 Å². The second kappa shape index (κ2) is 11.2. The lowest BCUT2D eigenvalue weighted by molar-refractivity contribution is -0.135. The van der Waals surface area contributed by atoms with Crippen LogP contribution in [0.2, 0.25) is 0 Å². The van der Waals surface area contributed by atoms with E-state index >= 15 is 0 Å². The van der Waals surface area contributed by atoms with E-state index < -0.39 is 33.9 Å². The quantitative estimate of drug-likeness (QED) is 0.443. The molecule has 2 atom stereocenters. The number of thiophene rings is 1. The number of fused-ring (bicyclic) bond motifs is 1. The van der Waals surface area contributed by atoms with Crippen LogP contribution in [0.4, 0.5) is 0 Å². The van der Waals surface area contributed by atoms with Gasteiger partial charge in [-0.05, 0) is 49.2 Å². The van der Waals surface area contributed by atoms with Crippen LogP contribution in [0.15, 0.2) is 46.2 Å². The second-order valence-corrected chi connectivity index (χ2v) is 13.0. The van der Waals surface area contributed by atoms with E-state index in [4.69, 9.17) is 0 Å². The first kappa shape index (κ1) is 26.4. The molecule has 3 heterocycles. The first-order valence-corrected chi connectivity index (χ1v) is 14.8. The number of carbonyl (C=O) groups excluding carboxylic acids is 3. The Morgan fingerprint density at radius 3 is 2.75 bits per heavy atom. The highest BCUT2D eigenvalue weighted by molar-refractivity contribution is 7.91. The van der Waals surface area contributed by atoms with Crippen molar-refractivity contribution in [3.05, 3.63) is 46.8 Å². The Bertz CT molecular complexity index is 1320. The van der Waals surface area contributed by atoms with E-state index in [2.05, 4.69) is 15.6 Å². The van der Waals surface area contributed by atoms with Gasteiger partial charge in [0.1, 0.15) is 12.1 Å². The number of nitrogens with one attached hydrogen (secondary N) is 2. The van der Waals surface area contributed by atoms with Crippen molar-refractivity contribution in [1.82, 2.24) is 19.9 Å². The highest BCUT2D eigenvalue weighted by Gasteiger charge is 2.44. The molecule has 2 N–H and O–H groups in total. The Morgan fingerprint density at radius 2 is 2.06 bits per heavy atom. The first-order chi connectivity index (χ1) is 17.2. The van der Waals surface area contributed by atoms with Crippen LogP contribution in [0.5, 0.6) is 0 Å². The Morgan fingerprint density at radius 1 is 1.28 bits per heavy atom. The van der Waals surface area contributed by atoms with Crippen molar-refractivity contribution >= 4 is 60.4 Å². The predicted octanol–water partition coefficient (Wildman–Crippen LogP) is 3.04. The van der Waals surface area contributed by atoms with E-state index in [1.165, 1.54) is 22.9 Å².